The normalized spacial score (nSPS) is 11.0. The summed E-state index contributed by atoms with van der Waals surface area (Å²) in [6.07, 6.45) is 0. The standard InChI is InChI=1S/C24H24N2O2S/c1-24(2,3)19-12-9-17(10-13-19)22(28)26-23(29)25-20-15-18(11-14-21(20)27)16-7-5-4-6-8-16/h4-15,27H,1-3H3,(H2,25,26,28,29). The van der Waals surface area contributed by atoms with Crippen LogP contribution in [0.25, 0.3) is 11.1 Å². The van der Waals surface area contributed by atoms with E-state index in [4.69, 9.17) is 12.2 Å². The smallest absolute Gasteiger partial charge is 0.257 e. The number of hydrogen-bond donors (Lipinski definition) is 3. The lowest BCUT2D eigenvalue weighted by atomic mass is 9.87. The summed E-state index contributed by atoms with van der Waals surface area (Å²) in [5.74, 6) is -0.252. The minimum atomic E-state index is -0.304. The Morgan fingerprint density at radius 3 is 2.17 bits per heavy atom. The third-order valence-electron chi connectivity index (χ3n) is 4.59. The van der Waals surface area contributed by atoms with Gasteiger partial charge in [0.25, 0.3) is 5.91 Å². The number of carbonyl (C=O) groups is 1. The summed E-state index contributed by atoms with van der Waals surface area (Å²) in [6.45, 7) is 6.37. The van der Waals surface area contributed by atoms with E-state index < -0.39 is 0 Å². The summed E-state index contributed by atoms with van der Waals surface area (Å²) >= 11 is 5.26. The number of thiocarbonyl (C=S) groups is 1. The highest BCUT2D eigenvalue weighted by molar-refractivity contribution is 7.80. The molecule has 0 aliphatic heterocycles. The zero-order chi connectivity index (χ0) is 21.0. The second-order valence-electron chi connectivity index (χ2n) is 7.83. The van der Waals surface area contributed by atoms with Crippen LogP contribution < -0.4 is 10.6 Å². The molecule has 1 amide bonds. The summed E-state index contributed by atoms with van der Waals surface area (Å²) in [7, 11) is 0. The van der Waals surface area contributed by atoms with Gasteiger partial charge >= 0.3 is 0 Å². The van der Waals surface area contributed by atoms with Crippen molar-refractivity contribution < 1.29 is 9.90 Å². The Kier molecular flexibility index (Phi) is 5.99. The first-order valence-electron chi connectivity index (χ1n) is 9.35. The van der Waals surface area contributed by atoms with Crippen LogP contribution in [0.1, 0.15) is 36.7 Å². The molecule has 0 aliphatic carbocycles. The molecule has 148 valence electrons. The fourth-order valence-electron chi connectivity index (χ4n) is 2.90. The zero-order valence-electron chi connectivity index (χ0n) is 16.7. The van der Waals surface area contributed by atoms with Crippen LogP contribution in [0.15, 0.2) is 72.8 Å². The Morgan fingerprint density at radius 2 is 1.55 bits per heavy atom. The molecule has 4 nitrogen and oxygen atoms in total. The van der Waals surface area contributed by atoms with Crippen LogP contribution >= 0.6 is 12.2 Å². The molecule has 3 rings (SSSR count). The predicted molar refractivity (Wildman–Crippen MR) is 122 cm³/mol. The number of phenols is 1. The van der Waals surface area contributed by atoms with E-state index in [9.17, 15) is 9.90 Å². The molecule has 0 saturated heterocycles. The van der Waals surface area contributed by atoms with Gasteiger partial charge in [-0.15, -0.1) is 0 Å². The molecule has 0 radical (unpaired) electrons. The van der Waals surface area contributed by atoms with Crippen molar-refractivity contribution in [1.29, 1.82) is 0 Å². The van der Waals surface area contributed by atoms with Crippen molar-refractivity contribution in [3.8, 4) is 16.9 Å². The van der Waals surface area contributed by atoms with Crippen molar-refractivity contribution in [1.82, 2.24) is 5.32 Å². The average molecular weight is 405 g/mol. The first-order chi connectivity index (χ1) is 13.7. The Bertz CT molecular complexity index is 1020. The van der Waals surface area contributed by atoms with Gasteiger partial charge in [0.2, 0.25) is 0 Å². The van der Waals surface area contributed by atoms with Gasteiger partial charge in [-0.1, -0.05) is 69.3 Å². The lowest BCUT2D eigenvalue weighted by Crippen LogP contribution is -2.34. The molecule has 5 heteroatoms. The fourth-order valence-corrected chi connectivity index (χ4v) is 3.10. The third kappa shape index (κ3) is 5.21. The highest BCUT2D eigenvalue weighted by Crippen LogP contribution is 2.29. The van der Waals surface area contributed by atoms with Crippen LogP contribution in [0.2, 0.25) is 0 Å². The van der Waals surface area contributed by atoms with Crippen molar-refractivity contribution in [3.63, 3.8) is 0 Å². The highest BCUT2D eigenvalue weighted by Gasteiger charge is 2.15. The molecule has 3 aromatic rings. The largest absolute Gasteiger partial charge is 0.506 e. The van der Waals surface area contributed by atoms with Gasteiger partial charge in [0, 0.05) is 5.56 Å². The number of phenolic OH excluding ortho intramolecular Hbond substituents is 1. The van der Waals surface area contributed by atoms with Crippen molar-refractivity contribution in [2.24, 2.45) is 0 Å². The molecule has 0 heterocycles. The number of benzene rings is 3. The molecule has 0 bridgehead atoms. The molecule has 3 aromatic carbocycles. The van der Waals surface area contributed by atoms with E-state index in [-0.39, 0.29) is 22.2 Å². The number of aromatic hydroxyl groups is 1. The first-order valence-corrected chi connectivity index (χ1v) is 9.76. The Labute approximate surface area is 176 Å². The molecule has 0 fully saturated rings. The number of carbonyl (C=O) groups excluding carboxylic acids is 1. The van der Waals surface area contributed by atoms with Gasteiger partial charge in [-0.05, 0) is 58.6 Å². The van der Waals surface area contributed by atoms with Gasteiger partial charge in [-0.25, -0.2) is 0 Å². The van der Waals surface area contributed by atoms with E-state index in [1.807, 2.05) is 48.5 Å². The van der Waals surface area contributed by atoms with Crippen molar-refractivity contribution in [2.75, 3.05) is 5.32 Å². The van der Waals surface area contributed by atoms with Crippen LogP contribution in [0.4, 0.5) is 5.69 Å². The summed E-state index contributed by atoms with van der Waals surface area (Å²) < 4.78 is 0. The van der Waals surface area contributed by atoms with Gasteiger partial charge in [-0.3, -0.25) is 10.1 Å². The lowest BCUT2D eigenvalue weighted by molar-refractivity contribution is 0.0977. The number of anilines is 1. The van der Waals surface area contributed by atoms with Crippen LogP contribution in [0.5, 0.6) is 5.75 Å². The van der Waals surface area contributed by atoms with Crippen LogP contribution in [0, 0.1) is 0 Å². The second kappa shape index (κ2) is 8.45. The van der Waals surface area contributed by atoms with Crippen LogP contribution in [-0.4, -0.2) is 16.1 Å². The van der Waals surface area contributed by atoms with E-state index >= 15 is 0 Å². The number of rotatable bonds is 3. The number of nitrogens with one attached hydrogen (secondary N) is 2. The predicted octanol–water partition coefficient (Wildman–Crippen LogP) is 5.48. The van der Waals surface area contributed by atoms with Gasteiger partial charge in [0.05, 0.1) is 5.69 Å². The second-order valence-corrected chi connectivity index (χ2v) is 8.24. The molecule has 0 saturated carbocycles. The fraction of sp³-hybridized carbons (Fsp3) is 0.167. The van der Waals surface area contributed by atoms with Crippen molar-refractivity contribution in [3.05, 3.63) is 83.9 Å². The lowest BCUT2D eigenvalue weighted by Gasteiger charge is -2.19. The highest BCUT2D eigenvalue weighted by atomic mass is 32.1. The molecule has 0 unspecified atom stereocenters. The maximum Gasteiger partial charge on any atom is 0.257 e. The Morgan fingerprint density at radius 1 is 0.897 bits per heavy atom. The minimum absolute atomic E-state index is 0.0210. The molecular formula is C24H24N2O2S. The average Bonchev–Trinajstić information content (AvgIpc) is 2.69. The zero-order valence-corrected chi connectivity index (χ0v) is 17.5. The molecule has 0 atom stereocenters. The quantitative estimate of drug-likeness (QED) is 0.399. The van der Waals surface area contributed by atoms with Crippen molar-refractivity contribution >= 4 is 28.9 Å². The monoisotopic (exact) mass is 404 g/mol. The summed E-state index contributed by atoms with van der Waals surface area (Å²) in [5, 5.41) is 15.8. The van der Waals surface area contributed by atoms with E-state index in [0.717, 1.165) is 16.7 Å². The third-order valence-corrected chi connectivity index (χ3v) is 4.80. The maximum atomic E-state index is 12.5. The van der Waals surface area contributed by atoms with E-state index in [0.29, 0.717) is 11.3 Å². The summed E-state index contributed by atoms with van der Waals surface area (Å²) in [4.78, 5) is 12.5. The van der Waals surface area contributed by atoms with Gasteiger partial charge in [0.1, 0.15) is 5.75 Å². The first kappa shape index (κ1) is 20.6. The summed E-state index contributed by atoms with van der Waals surface area (Å²) in [6, 6.07) is 22.5. The van der Waals surface area contributed by atoms with Crippen LogP contribution in [-0.2, 0) is 5.41 Å². The molecule has 0 aromatic heterocycles. The number of hydrogen-bond acceptors (Lipinski definition) is 3. The van der Waals surface area contributed by atoms with E-state index in [1.165, 1.54) is 0 Å². The molecule has 0 spiro atoms. The van der Waals surface area contributed by atoms with Crippen molar-refractivity contribution in [2.45, 2.75) is 26.2 Å². The molecule has 3 N–H and O–H groups in total. The molecule has 0 aliphatic rings. The summed E-state index contributed by atoms with van der Waals surface area (Å²) in [5.41, 5.74) is 4.07. The maximum absolute atomic E-state index is 12.5. The SMILES string of the molecule is CC(C)(C)c1ccc(C(=O)NC(=S)Nc2cc(-c3ccccc3)ccc2O)cc1. The Hall–Kier alpha value is -3.18. The topological polar surface area (TPSA) is 61.4 Å². The Balaban J connectivity index is 1.70. The van der Waals surface area contributed by atoms with Gasteiger partial charge in [-0.2, -0.15) is 0 Å². The van der Waals surface area contributed by atoms with E-state index in [1.54, 1.807) is 24.3 Å². The van der Waals surface area contributed by atoms with E-state index in [2.05, 4.69) is 31.4 Å². The molecular weight excluding hydrogens is 380 g/mol. The van der Waals surface area contributed by atoms with Gasteiger partial charge < -0.3 is 10.4 Å². The van der Waals surface area contributed by atoms with Gasteiger partial charge in [0.15, 0.2) is 5.11 Å². The molecule has 29 heavy (non-hydrogen) atoms. The number of amides is 1. The van der Waals surface area contributed by atoms with Crippen LogP contribution in [0.3, 0.4) is 0 Å². The minimum Gasteiger partial charge on any atom is -0.506 e.